The largest absolute Gasteiger partial charge is 0.349 e. The molecule has 0 bridgehead atoms. The van der Waals surface area contributed by atoms with E-state index in [1.54, 1.807) is 11.3 Å². The zero-order chi connectivity index (χ0) is 17.4. The third kappa shape index (κ3) is 2.98. The average molecular weight is 371 g/mol. The molecule has 0 saturated carbocycles. The number of hydrogen-bond acceptors (Lipinski definition) is 6. The molecule has 6 nitrogen and oxygen atoms in total. The molecule has 0 fully saturated rings. The molecular formula is C17H17N5OS2. The minimum Gasteiger partial charge on any atom is -0.349 e. The molecule has 1 aromatic carbocycles. The highest BCUT2D eigenvalue weighted by Crippen LogP contribution is 2.34. The first-order chi connectivity index (χ1) is 12.2. The predicted molar refractivity (Wildman–Crippen MR) is 105 cm³/mol. The lowest BCUT2D eigenvalue weighted by Gasteiger charge is -2.16. The number of fused-ring (bicyclic) bond motifs is 2. The molecule has 1 amide bonds. The van der Waals surface area contributed by atoms with Crippen LogP contribution >= 0.6 is 22.7 Å². The van der Waals surface area contributed by atoms with E-state index in [9.17, 15) is 4.79 Å². The smallest absolute Gasteiger partial charge is 0.268 e. The SMILES string of the molecule is CCN(CC)c1nc2sc(C(=O)Nc3nc4ccccc4[nH]3)cc2s1. The number of aromatic nitrogens is 3. The summed E-state index contributed by atoms with van der Waals surface area (Å²) in [5.41, 5.74) is 1.73. The van der Waals surface area contributed by atoms with Gasteiger partial charge in [-0.25, -0.2) is 9.97 Å². The minimum absolute atomic E-state index is 0.168. The number of thiophene rings is 1. The Morgan fingerprint density at radius 2 is 2.00 bits per heavy atom. The van der Waals surface area contributed by atoms with E-state index >= 15 is 0 Å². The van der Waals surface area contributed by atoms with E-state index in [1.807, 2.05) is 30.3 Å². The number of imidazole rings is 1. The molecule has 4 rings (SSSR count). The number of hydrogen-bond donors (Lipinski definition) is 2. The average Bonchev–Trinajstić information content (AvgIpc) is 3.27. The minimum atomic E-state index is -0.168. The summed E-state index contributed by atoms with van der Waals surface area (Å²) in [4.78, 5) is 28.4. The van der Waals surface area contributed by atoms with Gasteiger partial charge in [0.1, 0.15) is 4.83 Å². The number of carbonyl (C=O) groups excluding carboxylic acids is 1. The maximum Gasteiger partial charge on any atom is 0.268 e. The number of H-pyrrole nitrogens is 1. The highest BCUT2D eigenvalue weighted by molar-refractivity contribution is 7.29. The van der Waals surface area contributed by atoms with Gasteiger partial charge in [0.05, 0.1) is 20.6 Å². The molecule has 0 aliphatic carbocycles. The molecule has 0 atom stereocenters. The van der Waals surface area contributed by atoms with Crippen molar-refractivity contribution < 1.29 is 4.79 Å². The van der Waals surface area contributed by atoms with E-state index in [4.69, 9.17) is 0 Å². The summed E-state index contributed by atoms with van der Waals surface area (Å²) in [5, 5.41) is 3.84. The van der Waals surface area contributed by atoms with Gasteiger partial charge < -0.3 is 9.88 Å². The van der Waals surface area contributed by atoms with E-state index in [-0.39, 0.29) is 5.91 Å². The number of benzene rings is 1. The van der Waals surface area contributed by atoms with Crippen LogP contribution in [0.3, 0.4) is 0 Å². The summed E-state index contributed by atoms with van der Waals surface area (Å²) in [6, 6.07) is 9.58. The fraction of sp³-hybridized carbons (Fsp3) is 0.235. The zero-order valence-corrected chi connectivity index (χ0v) is 15.5. The van der Waals surface area contributed by atoms with Crippen LogP contribution in [0.25, 0.3) is 20.6 Å². The molecule has 25 heavy (non-hydrogen) atoms. The second-order valence-electron chi connectivity index (χ2n) is 5.51. The van der Waals surface area contributed by atoms with Crippen LogP contribution in [-0.2, 0) is 0 Å². The summed E-state index contributed by atoms with van der Waals surface area (Å²) in [6.07, 6.45) is 0. The Labute approximate surface area is 152 Å². The van der Waals surface area contributed by atoms with Crippen LogP contribution in [0.4, 0.5) is 11.1 Å². The highest BCUT2D eigenvalue weighted by Gasteiger charge is 2.17. The molecule has 0 aliphatic rings. The number of amides is 1. The zero-order valence-electron chi connectivity index (χ0n) is 13.9. The fourth-order valence-electron chi connectivity index (χ4n) is 2.65. The van der Waals surface area contributed by atoms with Crippen molar-refractivity contribution in [3.63, 3.8) is 0 Å². The molecule has 0 unspecified atom stereocenters. The first-order valence-electron chi connectivity index (χ1n) is 8.09. The van der Waals surface area contributed by atoms with Gasteiger partial charge in [0.2, 0.25) is 5.95 Å². The molecule has 0 radical (unpaired) electrons. The van der Waals surface area contributed by atoms with Crippen molar-refractivity contribution in [3.05, 3.63) is 35.2 Å². The van der Waals surface area contributed by atoms with Crippen molar-refractivity contribution in [2.45, 2.75) is 13.8 Å². The summed E-state index contributed by atoms with van der Waals surface area (Å²) in [6.45, 7) is 6.09. The van der Waals surface area contributed by atoms with Gasteiger partial charge in [0.25, 0.3) is 5.91 Å². The van der Waals surface area contributed by atoms with Gasteiger partial charge in [-0.2, -0.15) is 0 Å². The lowest BCUT2D eigenvalue weighted by Crippen LogP contribution is -2.21. The van der Waals surface area contributed by atoms with Crippen molar-refractivity contribution in [3.8, 4) is 0 Å². The Morgan fingerprint density at radius 3 is 2.72 bits per heavy atom. The third-order valence-electron chi connectivity index (χ3n) is 3.96. The van der Waals surface area contributed by atoms with Crippen LogP contribution in [0.2, 0.25) is 0 Å². The molecule has 0 aliphatic heterocycles. The first-order valence-corrected chi connectivity index (χ1v) is 9.72. The number of rotatable bonds is 5. The molecule has 2 N–H and O–H groups in total. The van der Waals surface area contributed by atoms with Crippen molar-refractivity contribution in [2.75, 3.05) is 23.3 Å². The summed E-state index contributed by atoms with van der Waals surface area (Å²) >= 11 is 3.03. The molecule has 8 heteroatoms. The molecule has 4 aromatic rings. The van der Waals surface area contributed by atoms with Crippen LogP contribution in [-0.4, -0.2) is 33.9 Å². The Bertz CT molecular complexity index is 979. The highest BCUT2D eigenvalue weighted by atomic mass is 32.1. The van der Waals surface area contributed by atoms with Gasteiger partial charge in [-0.15, -0.1) is 11.3 Å². The number of nitrogens with one attached hydrogen (secondary N) is 2. The molecule has 0 spiro atoms. The van der Waals surface area contributed by atoms with Gasteiger partial charge in [-0.1, -0.05) is 23.5 Å². The molecule has 128 valence electrons. The van der Waals surface area contributed by atoms with Gasteiger partial charge >= 0.3 is 0 Å². The van der Waals surface area contributed by atoms with E-state index in [0.717, 1.165) is 38.8 Å². The van der Waals surface area contributed by atoms with E-state index < -0.39 is 0 Å². The van der Waals surface area contributed by atoms with Crippen LogP contribution in [0.15, 0.2) is 30.3 Å². The Kier molecular flexibility index (Phi) is 4.14. The standard InChI is InChI=1S/C17H17N5OS2/c1-3-22(4-2)17-21-15-13(25-17)9-12(24-15)14(23)20-16-18-10-7-5-6-8-11(10)19-16/h5-9H,3-4H2,1-2H3,(H2,18,19,20,23). The normalized spacial score (nSPS) is 11.3. The maximum atomic E-state index is 12.5. The molecule has 0 saturated heterocycles. The van der Waals surface area contributed by atoms with E-state index in [2.05, 4.69) is 39.0 Å². The topological polar surface area (TPSA) is 73.9 Å². The summed E-state index contributed by atoms with van der Waals surface area (Å²) < 4.78 is 1.04. The molecule has 3 heterocycles. The maximum absolute atomic E-state index is 12.5. The van der Waals surface area contributed by atoms with E-state index in [0.29, 0.717) is 10.8 Å². The number of aromatic amines is 1. The fourth-order valence-corrected chi connectivity index (χ4v) is 4.88. The Hall–Kier alpha value is -2.45. The molecular weight excluding hydrogens is 354 g/mol. The van der Waals surface area contributed by atoms with Gasteiger partial charge in [-0.3, -0.25) is 10.1 Å². The number of para-hydroxylation sites is 2. The van der Waals surface area contributed by atoms with Gasteiger partial charge in [0.15, 0.2) is 5.13 Å². The lowest BCUT2D eigenvalue weighted by molar-refractivity contribution is 0.103. The Morgan fingerprint density at radius 1 is 1.20 bits per heavy atom. The lowest BCUT2D eigenvalue weighted by atomic mass is 10.3. The third-order valence-corrected chi connectivity index (χ3v) is 6.18. The van der Waals surface area contributed by atoms with E-state index in [1.165, 1.54) is 11.3 Å². The van der Waals surface area contributed by atoms with Crippen LogP contribution < -0.4 is 10.2 Å². The van der Waals surface area contributed by atoms with Gasteiger partial charge in [-0.05, 0) is 32.0 Å². The number of carbonyl (C=O) groups is 1. The van der Waals surface area contributed by atoms with Gasteiger partial charge in [0, 0.05) is 13.1 Å². The second-order valence-corrected chi connectivity index (χ2v) is 7.55. The number of nitrogens with zero attached hydrogens (tertiary/aromatic N) is 3. The van der Waals surface area contributed by atoms with Crippen LogP contribution in [0, 0.1) is 0 Å². The van der Waals surface area contributed by atoms with Crippen molar-refractivity contribution in [1.29, 1.82) is 0 Å². The van der Waals surface area contributed by atoms with Crippen LogP contribution in [0.1, 0.15) is 23.5 Å². The quantitative estimate of drug-likeness (QED) is 0.547. The monoisotopic (exact) mass is 371 g/mol. The van der Waals surface area contributed by atoms with Crippen molar-refractivity contribution in [1.82, 2.24) is 15.0 Å². The number of thiazole rings is 1. The Balaban J connectivity index is 1.56. The molecule has 3 aromatic heterocycles. The number of anilines is 2. The second kappa shape index (κ2) is 6.45. The van der Waals surface area contributed by atoms with Crippen LogP contribution in [0.5, 0.6) is 0 Å². The summed E-state index contributed by atoms with van der Waals surface area (Å²) in [5.74, 6) is 0.290. The summed E-state index contributed by atoms with van der Waals surface area (Å²) in [7, 11) is 0. The first kappa shape index (κ1) is 16.0. The van der Waals surface area contributed by atoms with Crippen molar-refractivity contribution in [2.24, 2.45) is 0 Å². The van der Waals surface area contributed by atoms with Crippen molar-refractivity contribution >= 4 is 60.2 Å². The predicted octanol–water partition coefficient (Wildman–Crippen LogP) is 4.33.